The number of aliphatic carboxylic acids is 1. The van der Waals surface area contributed by atoms with Crippen LogP contribution in [0.2, 0.25) is 0 Å². The molecule has 1 fully saturated rings. The second-order valence-electron chi connectivity index (χ2n) is 5.37. The molecule has 0 heterocycles. The molecule has 0 bridgehead atoms. The van der Waals surface area contributed by atoms with Crippen LogP contribution in [0.1, 0.15) is 41.6 Å². The predicted octanol–water partition coefficient (Wildman–Crippen LogP) is 2.62. The summed E-state index contributed by atoms with van der Waals surface area (Å²) in [5.74, 6) is -3.94. The molecule has 0 saturated heterocycles. The first-order valence-corrected chi connectivity index (χ1v) is 6.85. The van der Waals surface area contributed by atoms with Crippen molar-refractivity contribution >= 4 is 11.9 Å². The Morgan fingerprint density at radius 1 is 1.29 bits per heavy atom. The lowest BCUT2D eigenvalue weighted by Gasteiger charge is -2.28. The van der Waals surface area contributed by atoms with Gasteiger partial charge in [0.25, 0.3) is 5.91 Å². The molecule has 1 amide bonds. The number of carbonyl (C=O) groups excluding carboxylic acids is 1. The van der Waals surface area contributed by atoms with E-state index in [-0.39, 0.29) is 44.1 Å². The number of carboxylic acids is 1. The molecule has 0 atom stereocenters. The zero-order valence-corrected chi connectivity index (χ0v) is 11.4. The lowest BCUT2D eigenvalue weighted by molar-refractivity contribution is -0.136. The van der Waals surface area contributed by atoms with Gasteiger partial charge in [0.05, 0.1) is 6.42 Å². The van der Waals surface area contributed by atoms with Gasteiger partial charge in [0.15, 0.2) is 0 Å². The van der Waals surface area contributed by atoms with Gasteiger partial charge in [0.1, 0.15) is 0 Å². The fourth-order valence-electron chi connectivity index (χ4n) is 2.45. The van der Waals surface area contributed by atoms with E-state index in [9.17, 15) is 18.4 Å². The molecule has 114 valence electrons. The van der Waals surface area contributed by atoms with E-state index in [1.54, 1.807) is 18.2 Å². The van der Waals surface area contributed by atoms with Crippen LogP contribution in [0.25, 0.3) is 0 Å². The summed E-state index contributed by atoms with van der Waals surface area (Å²) in [5.41, 5.74) is 0.886. The van der Waals surface area contributed by atoms with Gasteiger partial charge in [-0.05, 0) is 30.5 Å². The summed E-state index contributed by atoms with van der Waals surface area (Å²) in [6, 6.07) is 6.09. The van der Waals surface area contributed by atoms with Gasteiger partial charge in [-0.3, -0.25) is 9.59 Å². The molecule has 2 N–H and O–H groups in total. The summed E-state index contributed by atoms with van der Waals surface area (Å²) in [7, 11) is 0. The molecule has 0 unspecified atom stereocenters. The molecule has 4 nitrogen and oxygen atoms in total. The Balaban J connectivity index is 1.96. The number of carboxylic acid groups (broad SMARTS) is 1. The van der Waals surface area contributed by atoms with Gasteiger partial charge in [-0.1, -0.05) is 12.1 Å². The maximum Gasteiger partial charge on any atom is 0.307 e. The lowest BCUT2D eigenvalue weighted by Crippen LogP contribution is -2.40. The van der Waals surface area contributed by atoms with Gasteiger partial charge < -0.3 is 10.4 Å². The summed E-state index contributed by atoms with van der Waals surface area (Å²) in [6.45, 7) is 0. The topological polar surface area (TPSA) is 66.4 Å². The molecular formula is C15H17F2NO3. The van der Waals surface area contributed by atoms with E-state index < -0.39 is 11.9 Å². The number of nitrogens with one attached hydrogen (secondary N) is 1. The Bertz CT molecular complexity index is 535. The van der Waals surface area contributed by atoms with Crippen LogP contribution < -0.4 is 5.32 Å². The van der Waals surface area contributed by atoms with Crippen molar-refractivity contribution in [3.8, 4) is 0 Å². The van der Waals surface area contributed by atoms with E-state index in [2.05, 4.69) is 5.32 Å². The molecular weight excluding hydrogens is 280 g/mol. The Labute approximate surface area is 121 Å². The van der Waals surface area contributed by atoms with Crippen LogP contribution in [0, 0.1) is 0 Å². The van der Waals surface area contributed by atoms with Crippen molar-refractivity contribution in [3.05, 3.63) is 35.4 Å². The van der Waals surface area contributed by atoms with Gasteiger partial charge in [0, 0.05) is 24.4 Å². The van der Waals surface area contributed by atoms with Crippen LogP contribution in [0.5, 0.6) is 0 Å². The molecule has 0 aromatic heterocycles. The molecule has 1 aliphatic rings. The van der Waals surface area contributed by atoms with E-state index in [1.807, 2.05) is 0 Å². The van der Waals surface area contributed by atoms with Gasteiger partial charge in [-0.15, -0.1) is 0 Å². The molecule has 0 radical (unpaired) electrons. The number of hydrogen-bond donors (Lipinski definition) is 2. The SMILES string of the molecule is O=C(O)Cc1cccc(C(=O)NC2CCC(F)(F)CC2)c1. The normalized spacial score (nSPS) is 18.2. The van der Waals surface area contributed by atoms with E-state index in [0.717, 1.165) is 0 Å². The van der Waals surface area contributed by atoms with E-state index in [1.165, 1.54) is 6.07 Å². The number of benzene rings is 1. The van der Waals surface area contributed by atoms with Gasteiger partial charge in [0.2, 0.25) is 5.92 Å². The molecule has 6 heteroatoms. The third kappa shape index (κ3) is 4.51. The first-order chi connectivity index (χ1) is 9.85. The first kappa shape index (κ1) is 15.4. The molecule has 1 aromatic carbocycles. The van der Waals surface area contributed by atoms with Gasteiger partial charge in [-0.25, -0.2) is 8.78 Å². The Kier molecular flexibility index (Phi) is 4.55. The summed E-state index contributed by atoms with van der Waals surface area (Å²) >= 11 is 0. The van der Waals surface area contributed by atoms with E-state index in [0.29, 0.717) is 11.1 Å². The average molecular weight is 297 g/mol. The fraction of sp³-hybridized carbons (Fsp3) is 0.467. The van der Waals surface area contributed by atoms with E-state index >= 15 is 0 Å². The highest BCUT2D eigenvalue weighted by Crippen LogP contribution is 2.33. The molecule has 1 aromatic rings. The number of alkyl halides is 2. The molecule has 21 heavy (non-hydrogen) atoms. The minimum absolute atomic E-state index is 0.156. The number of halogens is 2. The van der Waals surface area contributed by atoms with Crippen LogP contribution in [0.15, 0.2) is 24.3 Å². The number of hydrogen-bond acceptors (Lipinski definition) is 2. The summed E-state index contributed by atoms with van der Waals surface area (Å²) in [5, 5.41) is 11.5. The largest absolute Gasteiger partial charge is 0.481 e. The molecule has 1 aliphatic carbocycles. The highest BCUT2D eigenvalue weighted by Gasteiger charge is 2.35. The van der Waals surface area contributed by atoms with Crippen LogP contribution >= 0.6 is 0 Å². The first-order valence-electron chi connectivity index (χ1n) is 6.85. The average Bonchev–Trinajstić information content (AvgIpc) is 2.41. The predicted molar refractivity (Wildman–Crippen MR) is 72.5 cm³/mol. The Morgan fingerprint density at radius 3 is 2.57 bits per heavy atom. The second-order valence-corrected chi connectivity index (χ2v) is 5.37. The van der Waals surface area contributed by atoms with Crippen molar-refractivity contribution in [1.82, 2.24) is 5.32 Å². The van der Waals surface area contributed by atoms with Gasteiger partial charge >= 0.3 is 5.97 Å². The molecule has 2 rings (SSSR count). The van der Waals surface area contributed by atoms with Crippen LogP contribution in [-0.4, -0.2) is 28.9 Å². The van der Waals surface area contributed by atoms with Crippen molar-refractivity contribution < 1.29 is 23.5 Å². The van der Waals surface area contributed by atoms with Crippen molar-refractivity contribution in [2.24, 2.45) is 0 Å². The number of rotatable bonds is 4. The maximum absolute atomic E-state index is 13.0. The second kappa shape index (κ2) is 6.20. The third-order valence-electron chi connectivity index (χ3n) is 3.60. The Hall–Kier alpha value is -1.98. The van der Waals surface area contributed by atoms with Crippen LogP contribution in [-0.2, 0) is 11.2 Å². The zero-order valence-electron chi connectivity index (χ0n) is 11.4. The maximum atomic E-state index is 13.0. The Morgan fingerprint density at radius 2 is 1.95 bits per heavy atom. The number of amides is 1. The standard InChI is InChI=1S/C15H17F2NO3/c16-15(17)6-4-12(5-7-15)18-14(21)11-3-1-2-10(8-11)9-13(19)20/h1-3,8,12H,4-7,9H2,(H,18,21)(H,19,20). The molecule has 0 aliphatic heterocycles. The van der Waals surface area contributed by atoms with Crippen molar-refractivity contribution in [2.75, 3.05) is 0 Å². The third-order valence-corrected chi connectivity index (χ3v) is 3.60. The van der Waals surface area contributed by atoms with Crippen LogP contribution in [0.4, 0.5) is 8.78 Å². The minimum atomic E-state index is -2.62. The van der Waals surface area contributed by atoms with E-state index in [4.69, 9.17) is 5.11 Å². The highest BCUT2D eigenvalue weighted by atomic mass is 19.3. The quantitative estimate of drug-likeness (QED) is 0.897. The zero-order chi connectivity index (χ0) is 15.5. The molecule has 0 spiro atoms. The highest BCUT2D eigenvalue weighted by molar-refractivity contribution is 5.94. The van der Waals surface area contributed by atoms with Crippen LogP contribution in [0.3, 0.4) is 0 Å². The smallest absolute Gasteiger partial charge is 0.307 e. The summed E-state index contributed by atoms with van der Waals surface area (Å²) in [6.07, 6.45) is -0.0636. The summed E-state index contributed by atoms with van der Waals surface area (Å²) in [4.78, 5) is 22.7. The number of carbonyl (C=O) groups is 2. The monoisotopic (exact) mass is 297 g/mol. The minimum Gasteiger partial charge on any atom is -0.481 e. The van der Waals surface area contributed by atoms with Crippen molar-refractivity contribution in [2.45, 2.75) is 44.1 Å². The van der Waals surface area contributed by atoms with Crippen molar-refractivity contribution in [3.63, 3.8) is 0 Å². The fourth-order valence-corrected chi connectivity index (χ4v) is 2.45. The molecule has 1 saturated carbocycles. The summed E-state index contributed by atoms with van der Waals surface area (Å²) < 4.78 is 26.1. The van der Waals surface area contributed by atoms with Gasteiger partial charge in [-0.2, -0.15) is 0 Å². The lowest BCUT2D eigenvalue weighted by atomic mass is 9.92. The van der Waals surface area contributed by atoms with Crippen molar-refractivity contribution in [1.29, 1.82) is 0 Å².